The number of benzene rings is 1. The minimum Gasteiger partial charge on any atom is -0.488 e. The van der Waals surface area contributed by atoms with Crippen molar-refractivity contribution in [3.63, 3.8) is 0 Å². The van der Waals surface area contributed by atoms with Gasteiger partial charge in [-0.05, 0) is 25.1 Å². The number of nitrogens with zero attached hydrogens (tertiary/aromatic N) is 2. The van der Waals surface area contributed by atoms with Crippen molar-refractivity contribution in [2.45, 2.75) is 20.1 Å². The van der Waals surface area contributed by atoms with E-state index in [1.54, 1.807) is 6.92 Å². The number of hydrogen-bond acceptors (Lipinski definition) is 7. The minimum atomic E-state index is -0.405. The fourth-order valence-electron chi connectivity index (χ4n) is 2.40. The molecule has 7 heteroatoms. The molecule has 116 valence electrons. The van der Waals surface area contributed by atoms with E-state index in [1.807, 2.05) is 30.3 Å². The quantitative estimate of drug-likeness (QED) is 0.686. The molecule has 6 nitrogen and oxygen atoms in total. The van der Waals surface area contributed by atoms with E-state index in [9.17, 15) is 4.79 Å². The average Bonchev–Trinajstić information content (AvgIpc) is 3.18. The Labute approximate surface area is 135 Å². The van der Waals surface area contributed by atoms with Crippen molar-refractivity contribution in [2.75, 3.05) is 0 Å². The number of aromatic nitrogens is 2. The Morgan fingerprint density at radius 3 is 3.09 bits per heavy atom. The van der Waals surface area contributed by atoms with Crippen LogP contribution in [-0.4, -0.2) is 16.1 Å². The Morgan fingerprint density at radius 2 is 2.26 bits per heavy atom. The highest BCUT2D eigenvalue weighted by Gasteiger charge is 2.23. The van der Waals surface area contributed by atoms with Crippen molar-refractivity contribution < 1.29 is 18.8 Å². The summed E-state index contributed by atoms with van der Waals surface area (Å²) < 4.78 is 15.8. The molecule has 0 aliphatic carbocycles. The van der Waals surface area contributed by atoms with Crippen LogP contribution in [0, 0.1) is 6.92 Å². The topological polar surface area (TPSA) is 74.5 Å². The molecule has 3 aromatic rings. The maximum absolute atomic E-state index is 12.2. The molecule has 0 saturated heterocycles. The van der Waals surface area contributed by atoms with Gasteiger partial charge >= 0.3 is 5.97 Å². The van der Waals surface area contributed by atoms with E-state index in [0.717, 1.165) is 21.8 Å². The van der Waals surface area contributed by atoms with E-state index < -0.39 is 5.97 Å². The summed E-state index contributed by atoms with van der Waals surface area (Å²) in [5.41, 5.74) is 2.00. The molecule has 0 N–H and O–H groups in total. The molecule has 1 aliphatic rings. The molecule has 4 rings (SSSR count). The number of para-hydroxylation sites is 1. The molecule has 0 unspecified atom stereocenters. The molecule has 0 bridgehead atoms. The smallest absolute Gasteiger partial charge is 0.348 e. The molecule has 23 heavy (non-hydrogen) atoms. The van der Waals surface area contributed by atoms with Crippen molar-refractivity contribution in [3.8, 4) is 16.2 Å². The first kappa shape index (κ1) is 14.0. The molecule has 0 fully saturated rings. The predicted octanol–water partition coefficient (Wildman–Crippen LogP) is 3.36. The zero-order valence-electron chi connectivity index (χ0n) is 12.2. The van der Waals surface area contributed by atoms with Crippen LogP contribution in [0.25, 0.3) is 10.4 Å². The van der Waals surface area contributed by atoms with Crippen LogP contribution in [0.15, 0.2) is 34.9 Å². The van der Waals surface area contributed by atoms with Gasteiger partial charge in [0, 0.05) is 16.0 Å². The predicted molar refractivity (Wildman–Crippen MR) is 82.2 cm³/mol. The first-order valence-electron chi connectivity index (χ1n) is 7.02. The molecule has 0 saturated carbocycles. The van der Waals surface area contributed by atoms with Crippen LogP contribution in [0.2, 0.25) is 0 Å². The van der Waals surface area contributed by atoms with E-state index in [-0.39, 0.29) is 12.5 Å². The Morgan fingerprint density at radius 1 is 1.39 bits per heavy atom. The number of rotatable bonds is 3. The summed E-state index contributed by atoms with van der Waals surface area (Å²) in [4.78, 5) is 17.8. The summed E-state index contributed by atoms with van der Waals surface area (Å²) in [5, 5.41) is 3.65. The second-order valence-corrected chi connectivity index (χ2v) is 6.11. The average molecular weight is 328 g/mol. The molecule has 0 amide bonds. The SMILES string of the molecule is Cc1noc(COC(=O)c2cc3c(s2)-c2ccccc2OC3)n1. The van der Waals surface area contributed by atoms with Crippen molar-refractivity contribution in [3.05, 3.63) is 52.5 Å². The Hall–Kier alpha value is -2.67. The highest BCUT2D eigenvalue weighted by molar-refractivity contribution is 7.17. The summed E-state index contributed by atoms with van der Waals surface area (Å²) in [6, 6.07) is 9.61. The van der Waals surface area contributed by atoms with Gasteiger partial charge in [0.05, 0.1) is 0 Å². The lowest BCUT2D eigenvalue weighted by Gasteiger charge is -2.16. The lowest BCUT2D eigenvalue weighted by Crippen LogP contribution is -2.04. The number of thiophene rings is 1. The maximum Gasteiger partial charge on any atom is 0.348 e. The molecule has 1 aromatic carbocycles. The summed E-state index contributed by atoms with van der Waals surface area (Å²) in [6.07, 6.45) is 0. The first-order chi connectivity index (χ1) is 11.2. The normalized spacial score (nSPS) is 12.2. The van der Waals surface area contributed by atoms with Crippen molar-refractivity contribution >= 4 is 17.3 Å². The third kappa shape index (κ3) is 2.59. The molecule has 1 aliphatic heterocycles. The van der Waals surface area contributed by atoms with Gasteiger partial charge in [0.1, 0.15) is 17.2 Å². The Balaban J connectivity index is 1.55. The maximum atomic E-state index is 12.2. The second-order valence-electron chi connectivity index (χ2n) is 5.06. The van der Waals surface area contributed by atoms with Crippen LogP contribution in [0.4, 0.5) is 0 Å². The molecular formula is C16H12N2O4S. The second kappa shape index (κ2) is 5.51. The molecular weight excluding hydrogens is 316 g/mol. The molecule has 3 heterocycles. The highest BCUT2D eigenvalue weighted by Crippen LogP contribution is 2.42. The van der Waals surface area contributed by atoms with E-state index in [1.165, 1.54) is 11.3 Å². The van der Waals surface area contributed by atoms with Crippen molar-refractivity contribution in [1.29, 1.82) is 0 Å². The van der Waals surface area contributed by atoms with Gasteiger partial charge in [-0.25, -0.2) is 4.79 Å². The zero-order chi connectivity index (χ0) is 15.8. The summed E-state index contributed by atoms with van der Waals surface area (Å²) in [5.74, 6) is 1.23. The Bertz CT molecular complexity index is 884. The van der Waals surface area contributed by atoms with Gasteiger partial charge in [0.15, 0.2) is 12.4 Å². The number of ether oxygens (including phenoxy) is 2. The fourth-order valence-corrected chi connectivity index (χ4v) is 3.49. The number of carbonyl (C=O) groups excluding carboxylic acids is 1. The van der Waals surface area contributed by atoms with E-state index in [0.29, 0.717) is 17.3 Å². The van der Waals surface area contributed by atoms with Gasteiger partial charge in [0.25, 0.3) is 5.89 Å². The van der Waals surface area contributed by atoms with Crippen LogP contribution in [0.5, 0.6) is 5.75 Å². The molecule has 0 radical (unpaired) electrons. The molecule has 0 atom stereocenters. The van der Waals surface area contributed by atoms with E-state index >= 15 is 0 Å². The molecule has 2 aromatic heterocycles. The van der Waals surface area contributed by atoms with Crippen LogP contribution in [0.3, 0.4) is 0 Å². The summed E-state index contributed by atoms with van der Waals surface area (Å²) >= 11 is 1.41. The summed E-state index contributed by atoms with van der Waals surface area (Å²) in [7, 11) is 0. The largest absolute Gasteiger partial charge is 0.488 e. The number of esters is 1. The minimum absolute atomic E-state index is 0.0324. The summed E-state index contributed by atoms with van der Waals surface area (Å²) in [6.45, 7) is 2.13. The fraction of sp³-hybridized carbons (Fsp3) is 0.188. The monoisotopic (exact) mass is 328 g/mol. The lowest BCUT2D eigenvalue weighted by atomic mass is 10.1. The number of hydrogen-bond donors (Lipinski definition) is 0. The third-order valence-corrected chi connectivity index (χ3v) is 4.61. The van der Waals surface area contributed by atoms with Crippen molar-refractivity contribution in [2.24, 2.45) is 0 Å². The Kier molecular flexibility index (Phi) is 3.34. The molecule has 0 spiro atoms. The number of aryl methyl sites for hydroxylation is 1. The lowest BCUT2D eigenvalue weighted by molar-refractivity contribution is 0.0435. The van der Waals surface area contributed by atoms with E-state index in [4.69, 9.17) is 14.0 Å². The van der Waals surface area contributed by atoms with Crippen LogP contribution < -0.4 is 4.74 Å². The van der Waals surface area contributed by atoms with Crippen LogP contribution in [-0.2, 0) is 18.0 Å². The van der Waals surface area contributed by atoms with Gasteiger partial charge < -0.3 is 14.0 Å². The van der Waals surface area contributed by atoms with Gasteiger partial charge in [-0.2, -0.15) is 4.98 Å². The van der Waals surface area contributed by atoms with Crippen LogP contribution >= 0.6 is 11.3 Å². The van der Waals surface area contributed by atoms with Gasteiger partial charge in [-0.15, -0.1) is 11.3 Å². The standard InChI is InChI=1S/C16H12N2O4S/c1-9-17-14(22-18-9)8-21-16(19)13-6-10-7-20-12-5-3-2-4-11(12)15(10)23-13/h2-6H,7-8H2,1H3. The third-order valence-electron chi connectivity index (χ3n) is 3.42. The van der Waals surface area contributed by atoms with Crippen LogP contribution in [0.1, 0.15) is 27.0 Å². The van der Waals surface area contributed by atoms with Crippen molar-refractivity contribution in [1.82, 2.24) is 10.1 Å². The van der Waals surface area contributed by atoms with Gasteiger partial charge in [0.2, 0.25) is 0 Å². The van der Waals surface area contributed by atoms with E-state index in [2.05, 4.69) is 10.1 Å². The number of fused-ring (bicyclic) bond motifs is 3. The first-order valence-corrected chi connectivity index (χ1v) is 7.83. The zero-order valence-corrected chi connectivity index (χ0v) is 13.1. The number of carbonyl (C=O) groups is 1. The highest BCUT2D eigenvalue weighted by atomic mass is 32.1. The van der Waals surface area contributed by atoms with Gasteiger partial charge in [-0.1, -0.05) is 17.3 Å². The van der Waals surface area contributed by atoms with Gasteiger partial charge in [-0.3, -0.25) is 0 Å².